The quantitative estimate of drug-likeness (QED) is 0.781. The second-order valence-corrected chi connectivity index (χ2v) is 3.47. The van der Waals surface area contributed by atoms with E-state index in [9.17, 15) is 4.79 Å². The Morgan fingerprint density at radius 3 is 2.75 bits per heavy atom. The molecule has 0 unspecified atom stereocenters. The van der Waals surface area contributed by atoms with Crippen molar-refractivity contribution in [3.8, 4) is 0 Å². The van der Waals surface area contributed by atoms with Gasteiger partial charge >= 0.3 is 0 Å². The van der Waals surface area contributed by atoms with Crippen molar-refractivity contribution in [3.05, 3.63) is 34.6 Å². The zero-order chi connectivity index (χ0) is 11.5. The molecular formula is C11H13N3O2. The lowest BCUT2D eigenvalue weighted by Crippen LogP contribution is -2.22. The van der Waals surface area contributed by atoms with Crippen molar-refractivity contribution in [2.75, 3.05) is 18.5 Å². The number of aromatic nitrogens is 2. The zero-order valence-corrected chi connectivity index (χ0v) is 8.97. The maximum absolute atomic E-state index is 11.8. The van der Waals surface area contributed by atoms with Crippen molar-refractivity contribution in [2.24, 2.45) is 7.05 Å². The van der Waals surface area contributed by atoms with E-state index in [1.165, 1.54) is 4.68 Å². The van der Waals surface area contributed by atoms with Gasteiger partial charge in [-0.3, -0.25) is 4.79 Å². The number of aliphatic hydroxyl groups is 1. The van der Waals surface area contributed by atoms with Crippen LogP contribution >= 0.6 is 0 Å². The third kappa shape index (κ3) is 1.77. The van der Waals surface area contributed by atoms with E-state index in [0.29, 0.717) is 17.7 Å². The summed E-state index contributed by atoms with van der Waals surface area (Å²) in [5.74, 6) is 0.617. The van der Waals surface area contributed by atoms with Crippen molar-refractivity contribution in [1.82, 2.24) is 9.78 Å². The molecule has 1 aromatic heterocycles. The molecule has 1 aromatic carbocycles. The van der Waals surface area contributed by atoms with Crippen LogP contribution in [0.2, 0.25) is 0 Å². The molecule has 0 saturated carbocycles. The average molecular weight is 219 g/mol. The third-order valence-electron chi connectivity index (χ3n) is 2.36. The van der Waals surface area contributed by atoms with Gasteiger partial charge < -0.3 is 10.4 Å². The molecule has 2 rings (SSSR count). The van der Waals surface area contributed by atoms with Crippen LogP contribution in [-0.2, 0) is 7.05 Å². The summed E-state index contributed by atoms with van der Waals surface area (Å²) in [5, 5.41) is 17.3. The van der Waals surface area contributed by atoms with Gasteiger partial charge in [-0.05, 0) is 6.07 Å². The van der Waals surface area contributed by atoms with Crippen LogP contribution in [-0.4, -0.2) is 28.0 Å². The summed E-state index contributed by atoms with van der Waals surface area (Å²) in [4.78, 5) is 11.8. The number of anilines is 1. The highest BCUT2D eigenvalue weighted by Gasteiger charge is 2.06. The number of nitrogens with one attached hydrogen (secondary N) is 1. The van der Waals surface area contributed by atoms with Gasteiger partial charge in [0, 0.05) is 19.0 Å². The van der Waals surface area contributed by atoms with Crippen LogP contribution in [0, 0.1) is 0 Å². The van der Waals surface area contributed by atoms with Gasteiger partial charge in [0.2, 0.25) is 0 Å². The Hall–Kier alpha value is -1.88. The number of aryl methyl sites for hydroxylation is 1. The second kappa shape index (κ2) is 4.32. The molecule has 5 nitrogen and oxygen atoms in total. The third-order valence-corrected chi connectivity index (χ3v) is 2.36. The molecule has 0 fully saturated rings. The number of fused-ring (bicyclic) bond motifs is 1. The lowest BCUT2D eigenvalue weighted by atomic mass is 10.2. The van der Waals surface area contributed by atoms with E-state index in [2.05, 4.69) is 10.4 Å². The minimum absolute atomic E-state index is 0.0266. The largest absolute Gasteiger partial charge is 0.395 e. The summed E-state index contributed by atoms with van der Waals surface area (Å²) in [6.07, 6.45) is 0. The van der Waals surface area contributed by atoms with Crippen LogP contribution in [0.5, 0.6) is 0 Å². The summed E-state index contributed by atoms with van der Waals surface area (Å²) < 4.78 is 1.29. The Morgan fingerprint density at radius 1 is 1.38 bits per heavy atom. The number of rotatable bonds is 3. The highest BCUT2D eigenvalue weighted by molar-refractivity contribution is 5.90. The van der Waals surface area contributed by atoms with Crippen molar-refractivity contribution >= 4 is 16.6 Å². The van der Waals surface area contributed by atoms with Crippen LogP contribution in [0.3, 0.4) is 0 Å². The fourth-order valence-corrected chi connectivity index (χ4v) is 1.60. The van der Waals surface area contributed by atoms with E-state index < -0.39 is 0 Å². The molecule has 0 spiro atoms. The first kappa shape index (κ1) is 10.6. The van der Waals surface area contributed by atoms with Crippen LogP contribution in [0.25, 0.3) is 10.8 Å². The summed E-state index contributed by atoms with van der Waals surface area (Å²) in [6, 6.07) is 7.28. The van der Waals surface area contributed by atoms with Gasteiger partial charge in [-0.25, -0.2) is 4.68 Å². The predicted octanol–water partition coefficient (Wildman–Crippen LogP) is 0.338. The molecule has 1 heterocycles. The van der Waals surface area contributed by atoms with Crippen molar-refractivity contribution in [1.29, 1.82) is 0 Å². The minimum atomic E-state index is -0.120. The fourth-order valence-electron chi connectivity index (χ4n) is 1.60. The van der Waals surface area contributed by atoms with E-state index in [-0.39, 0.29) is 12.2 Å². The van der Waals surface area contributed by atoms with Gasteiger partial charge in [-0.1, -0.05) is 18.2 Å². The summed E-state index contributed by atoms with van der Waals surface area (Å²) in [6.45, 7) is 0.439. The fraction of sp³-hybridized carbons (Fsp3) is 0.273. The predicted molar refractivity (Wildman–Crippen MR) is 62.6 cm³/mol. The Bertz CT molecular complexity index is 563. The minimum Gasteiger partial charge on any atom is -0.395 e. The first-order chi connectivity index (χ1) is 7.74. The Morgan fingerprint density at radius 2 is 2.06 bits per heavy atom. The molecule has 84 valence electrons. The van der Waals surface area contributed by atoms with E-state index in [1.54, 1.807) is 13.1 Å². The lowest BCUT2D eigenvalue weighted by molar-refractivity contribution is 0.311. The number of benzene rings is 1. The van der Waals surface area contributed by atoms with Crippen LogP contribution in [0.1, 0.15) is 0 Å². The molecule has 16 heavy (non-hydrogen) atoms. The molecule has 0 aliphatic heterocycles. The molecular weight excluding hydrogens is 206 g/mol. The van der Waals surface area contributed by atoms with Gasteiger partial charge in [0.05, 0.1) is 12.0 Å². The Labute approximate surface area is 92.3 Å². The van der Waals surface area contributed by atoms with Gasteiger partial charge in [0.25, 0.3) is 5.56 Å². The van der Waals surface area contributed by atoms with Gasteiger partial charge in [0.1, 0.15) is 0 Å². The molecule has 0 bridgehead atoms. The maximum atomic E-state index is 11.8. The highest BCUT2D eigenvalue weighted by Crippen LogP contribution is 2.16. The Kier molecular flexibility index (Phi) is 2.87. The number of nitrogens with zero attached hydrogens (tertiary/aromatic N) is 2. The molecule has 0 amide bonds. The zero-order valence-electron chi connectivity index (χ0n) is 8.97. The SMILES string of the molecule is Cn1nc(NCCO)c2ccccc2c1=O. The molecule has 2 N–H and O–H groups in total. The topological polar surface area (TPSA) is 67.2 Å². The summed E-state index contributed by atoms with van der Waals surface area (Å²) >= 11 is 0. The summed E-state index contributed by atoms with van der Waals surface area (Å²) in [5.41, 5.74) is -0.120. The van der Waals surface area contributed by atoms with Crippen molar-refractivity contribution in [2.45, 2.75) is 0 Å². The van der Waals surface area contributed by atoms with E-state index in [0.717, 1.165) is 5.39 Å². The normalized spacial score (nSPS) is 10.6. The molecule has 0 atom stereocenters. The lowest BCUT2D eigenvalue weighted by Gasteiger charge is -2.08. The maximum Gasteiger partial charge on any atom is 0.274 e. The van der Waals surface area contributed by atoms with E-state index in [4.69, 9.17) is 5.11 Å². The average Bonchev–Trinajstić information content (AvgIpc) is 2.32. The second-order valence-electron chi connectivity index (χ2n) is 3.47. The van der Waals surface area contributed by atoms with Gasteiger partial charge in [-0.2, -0.15) is 5.10 Å². The molecule has 5 heteroatoms. The number of aliphatic hydroxyl groups excluding tert-OH is 1. The first-order valence-corrected chi connectivity index (χ1v) is 5.05. The monoisotopic (exact) mass is 219 g/mol. The summed E-state index contributed by atoms with van der Waals surface area (Å²) in [7, 11) is 1.61. The molecule has 0 aliphatic carbocycles. The van der Waals surface area contributed by atoms with Crippen LogP contribution in [0.4, 0.5) is 5.82 Å². The van der Waals surface area contributed by atoms with Crippen LogP contribution < -0.4 is 10.9 Å². The number of hydrogen-bond acceptors (Lipinski definition) is 4. The Balaban J connectivity index is 2.65. The first-order valence-electron chi connectivity index (χ1n) is 5.05. The van der Waals surface area contributed by atoms with Crippen molar-refractivity contribution in [3.63, 3.8) is 0 Å². The smallest absolute Gasteiger partial charge is 0.274 e. The molecule has 2 aromatic rings. The standard InChI is InChI=1S/C11H13N3O2/c1-14-11(16)9-5-3-2-4-8(9)10(13-14)12-6-7-15/h2-5,15H,6-7H2,1H3,(H,12,13). The van der Waals surface area contributed by atoms with E-state index in [1.807, 2.05) is 18.2 Å². The van der Waals surface area contributed by atoms with Crippen molar-refractivity contribution < 1.29 is 5.11 Å². The van der Waals surface area contributed by atoms with Crippen LogP contribution in [0.15, 0.2) is 29.1 Å². The highest BCUT2D eigenvalue weighted by atomic mass is 16.3. The number of hydrogen-bond donors (Lipinski definition) is 2. The molecule has 0 aliphatic rings. The van der Waals surface area contributed by atoms with Gasteiger partial charge in [-0.15, -0.1) is 0 Å². The molecule has 0 saturated heterocycles. The molecule has 0 radical (unpaired) electrons. The van der Waals surface area contributed by atoms with E-state index >= 15 is 0 Å². The van der Waals surface area contributed by atoms with Gasteiger partial charge in [0.15, 0.2) is 5.82 Å².